The molecule has 4 heteroatoms. The van der Waals surface area contributed by atoms with Crippen LogP contribution in [0.3, 0.4) is 0 Å². The lowest BCUT2D eigenvalue weighted by Crippen LogP contribution is -2.40. The number of carbonyl (C=O) groups is 1. The third-order valence-electron chi connectivity index (χ3n) is 3.14. The highest BCUT2D eigenvalue weighted by atomic mass is 32.2. The zero-order valence-corrected chi connectivity index (χ0v) is 9.26. The van der Waals surface area contributed by atoms with Gasteiger partial charge in [0.25, 0.3) is 0 Å². The number of rotatable bonds is 1. The predicted molar refractivity (Wildman–Crippen MR) is 59.3 cm³/mol. The lowest BCUT2D eigenvalue weighted by atomic mass is 10.1. The van der Waals surface area contributed by atoms with Gasteiger partial charge in [-0.3, -0.25) is 4.79 Å². The Balaban J connectivity index is 1.96. The Kier molecular flexibility index (Phi) is 3.34. The van der Waals surface area contributed by atoms with Crippen molar-refractivity contribution in [3.8, 4) is 0 Å². The molecule has 2 N–H and O–H groups in total. The van der Waals surface area contributed by atoms with Crippen molar-refractivity contribution in [2.75, 3.05) is 18.1 Å². The van der Waals surface area contributed by atoms with Crippen molar-refractivity contribution >= 4 is 17.7 Å². The number of amides is 1. The molecule has 2 fully saturated rings. The Labute approximate surface area is 89.4 Å². The molecular weight excluding hydrogens is 196 g/mol. The SMILES string of the molecule is NC1CCN(C2CCCSCC2)C1=O. The van der Waals surface area contributed by atoms with E-state index in [1.165, 1.54) is 24.3 Å². The van der Waals surface area contributed by atoms with Crippen LogP contribution in [-0.2, 0) is 4.79 Å². The van der Waals surface area contributed by atoms with Crippen LogP contribution < -0.4 is 5.73 Å². The summed E-state index contributed by atoms with van der Waals surface area (Å²) in [6, 6.07) is 0.261. The maximum atomic E-state index is 11.7. The van der Waals surface area contributed by atoms with E-state index in [4.69, 9.17) is 5.73 Å². The molecule has 2 rings (SSSR count). The molecule has 0 bridgehead atoms. The number of hydrogen-bond donors (Lipinski definition) is 1. The van der Waals surface area contributed by atoms with Gasteiger partial charge in [-0.15, -0.1) is 0 Å². The summed E-state index contributed by atoms with van der Waals surface area (Å²) in [5.41, 5.74) is 5.72. The van der Waals surface area contributed by atoms with Gasteiger partial charge in [0.2, 0.25) is 5.91 Å². The number of carbonyl (C=O) groups excluding carboxylic acids is 1. The first-order chi connectivity index (χ1) is 6.79. The fourth-order valence-electron chi connectivity index (χ4n) is 2.29. The summed E-state index contributed by atoms with van der Waals surface area (Å²) < 4.78 is 0. The number of thioether (sulfide) groups is 1. The molecule has 2 heterocycles. The highest BCUT2D eigenvalue weighted by molar-refractivity contribution is 7.99. The first-order valence-electron chi connectivity index (χ1n) is 5.43. The van der Waals surface area contributed by atoms with E-state index in [-0.39, 0.29) is 11.9 Å². The van der Waals surface area contributed by atoms with Crippen molar-refractivity contribution in [3.63, 3.8) is 0 Å². The molecule has 3 nitrogen and oxygen atoms in total. The van der Waals surface area contributed by atoms with Gasteiger partial charge in [0.1, 0.15) is 0 Å². The maximum Gasteiger partial charge on any atom is 0.239 e. The second-order valence-corrected chi connectivity index (χ2v) is 5.35. The smallest absolute Gasteiger partial charge is 0.239 e. The Morgan fingerprint density at radius 1 is 1.29 bits per heavy atom. The molecule has 2 atom stereocenters. The van der Waals surface area contributed by atoms with E-state index in [0.29, 0.717) is 6.04 Å². The summed E-state index contributed by atoms with van der Waals surface area (Å²) >= 11 is 2.01. The first-order valence-corrected chi connectivity index (χ1v) is 6.58. The molecule has 2 aliphatic rings. The Morgan fingerprint density at radius 3 is 2.86 bits per heavy atom. The van der Waals surface area contributed by atoms with Crippen LogP contribution in [0.2, 0.25) is 0 Å². The van der Waals surface area contributed by atoms with Crippen molar-refractivity contribution < 1.29 is 4.79 Å². The van der Waals surface area contributed by atoms with Crippen LogP contribution in [0.25, 0.3) is 0 Å². The Morgan fingerprint density at radius 2 is 2.14 bits per heavy atom. The van der Waals surface area contributed by atoms with E-state index < -0.39 is 0 Å². The van der Waals surface area contributed by atoms with Crippen LogP contribution in [0.4, 0.5) is 0 Å². The average Bonchev–Trinajstić information content (AvgIpc) is 2.47. The van der Waals surface area contributed by atoms with Gasteiger partial charge in [-0.25, -0.2) is 0 Å². The van der Waals surface area contributed by atoms with Gasteiger partial charge in [0, 0.05) is 12.6 Å². The molecule has 14 heavy (non-hydrogen) atoms. The third-order valence-corrected chi connectivity index (χ3v) is 4.25. The number of likely N-dealkylation sites (tertiary alicyclic amines) is 1. The standard InChI is InChI=1S/C10H18N2OS/c11-9-3-5-12(10(9)13)8-2-1-6-14-7-4-8/h8-9H,1-7,11H2. The van der Waals surface area contributed by atoms with Crippen molar-refractivity contribution in [1.82, 2.24) is 4.90 Å². The van der Waals surface area contributed by atoms with Crippen molar-refractivity contribution in [2.24, 2.45) is 5.73 Å². The molecule has 2 saturated heterocycles. The molecule has 0 radical (unpaired) electrons. The molecule has 2 aliphatic heterocycles. The highest BCUT2D eigenvalue weighted by Crippen LogP contribution is 2.24. The molecule has 0 saturated carbocycles. The van der Waals surface area contributed by atoms with Crippen LogP contribution in [0.5, 0.6) is 0 Å². The van der Waals surface area contributed by atoms with Crippen LogP contribution in [0.15, 0.2) is 0 Å². The van der Waals surface area contributed by atoms with E-state index >= 15 is 0 Å². The van der Waals surface area contributed by atoms with Crippen molar-refractivity contribution in [1.29, 1.82) is 0 Å². The summed E-state index contributed by atoms with van der Waals surface area (Å²) in [6.45, 7) is 0.884. The third kappa shape index (κ3) is 2.06. The van der Waals surface area contributed by atoms with Crippen LogP contribution in [0.1, 0.15) is 25.7 Å². The maximum absolute atomic E-state index is 11.7. The van der Waals surface area contributed by atoms with Crippen molar-refractivity contribution in [2.45, 2.75) is 37.8 Å². The molecule has 1 amide bonds. The zero-order valence-electron chi connectivity index (χ0n) is 8.45. The van der Waals surface area contributed by atoms with Crippen LogP contribution in [0, 0.1) is 0 Å². The van der Waals surface area contributed by atoms with E-state index in [1.54, 1.807) is 0 Å². The normalized spacial score (nSPS) is 34.6. The Bertz CT molecular complexity index is 214. The second kappa shape index (κ2) is 4.53. The predicted octanol–water partition coefficient (Wildman–Crippen LogP) is 0.832. The van der Waals surface area contributed by atoms with Gasteiger partial charge >= 0.3 is 0 Å². The van der Waals surface area contributed by atoms with Crippen molar-refractivity contribution in [3.05, 3.63) is 0 Å². The van der Waals surface area contributed by atoms with Crippen LogP contribution in [-0.4, -0.2) is 40.9 Å². The minimum atomic E-state index is -0.217. The summed E-state index contributed by atoms with van der Waals surface area (Å²) in [5, 5.41) is 0. The number of nitrogens with two attached hydrogens (primary N) is 1. The quantitative estimate of drug-likeness (QED) is 0.703. The fraction of sp³-hybridized carbons (Fsp3) is 0.900. The number of hydrogen-bond acceptors (Lipinski definition) is 3. The lowest BCUT2D eigenvalue weighted by Gasteiger charge is -2.26. The average molecular weight is 214 g/mol. The highest BCUT2D eigenvalue weighted by Gasteiger charge is 2.33. The second-order valence-electron chi connectivity index (χ2n) is 4.12. The molecular formula is C10H18N2OS. The molecule has 0 aromatic carbocycles. The van der Waals surface area contributed by atoms with Gasteiger partial charge in [0.05, 0.1) is 6.04 Å². The fourth-order valence-corrected chi connectivity index (χ4v) is 3.30. The van der Waals surface area contributed by atoms with Gasteiger partial charge in [-0.05, 0) is 37.2 Å². The van der Waals surface area contributed by atoms with Gasteiger partial charge in [0.15, 0.2) is 0 Å². The first kappa shape index (κ1) is 10.3. The molecule has 80 valence electrons. The Hall–Kier alpha value is -0.220. The summed E-state index contributed by atoms with van der Waals surface area (Å²) in [5.74, 6) is 2.63. The molecule has 0 aliphatic carbocycles. The van der Waals surface area contributed by atoms with Crippen LogP contribution >= 0.6 is 11.8 Å². The summed E-state index contributed by atoms with van der Waals surface area (Å²) in [6.07, 6.45) is 4.42. The summed E-state index contributed by atoms with van der Waals surface area (Å²) in [7, 11) is 0. The lowest BCUT2D eigenvalue weighted by molar-refractivity contribution is -0.130. The van der Waals surface area contributed by atoms with E-state index in [1.807, 2.05) is 16.7 Å². The monoisotopic (exact) mass is 214 g/mol. The molecule has 0 aromatic heterocycles. The summed E-state index contributed by atoms with van der Waals surface area (Å²) in [4.78, 5) is 13.7. The molecule has 2 unspecified atom stereocenters. The van der Waals surface area contributed by atoms with Gasteiger partial charge < -0.3 is 10.6 Å². The van der Waals surface area contributed by atoms with Gasteiger partial charge in [-0.2, -0.15) is 11.8 Å². The zero-order chi connectivity index (χ0) is 9.97. The molecule has 0 spiro atoms. The minimum Gasteiger partial charge on any atom is -0.338 e. The topological polar surface area (TPSA) is 46.3 Å². The van der Waals surface area contributed by atoms with Gasteiger partial charge in [-0.1, -0.05) is 0 Å². The van der Waals surface area contributed by atoms with E-state index in [2.05, 4.69) is 0 Å². The minimum absolute atomic E-state index is 0.182. The largest absolute Gasteiger partial charge is 0.338 e. The molecule has 0 aromatic rings. The van der Waals surface area contributed by atoms with E-state index in [9.17, 15) is 4.79 Å². The van der Waals surface area contributed by atoms with E-state index in [0.717, 1.165) is 19.4 Å². The number of nitrogens with zero attached hydrogens (tertiary/aromatic N) is 1.